The van der Waals surface area contributed by atoms with Crippen LogP contribution in [-0.2, 0) is 23.8 Å². The van der Waals surface area contributed by atoms with Crippen LogP contribution < -0.4 is 0 Å². The van der Waals surface area contributed by atoms with E-state index < -0.39 is 24.3 Å². The molecule has 0 amide bonds. The summed E-state index contributed by atoms with van der Waals surface area (Å²) >= 11 is 3.43. The fourth-order valence-electron chi connectivity index (χ4n) is 3.78. The van der Waals surface area contributed by atoms with E-state index in [1.165, 1.54) is 0 Å². The zero-order chi connectivity index (χ0) is 22.0. The molecule has 0 aliphatic carbocycles. The Balaban J connectivity index is 1.93. The number of ether oxygens (including phenoxy) is 3. The minimum atomic E-state index is -0.799. The van der Waals surface area contributed by atoms with Gasteiger partial charge in [0, 0.05) is 16.2 Å². The molecule has 31 heavy (non-hydrogen) atoms. The quantitative estimate of drug-likeness (QED) is 0.564. The smallest absolute Gasteiger partial charge is 0.355 e. The number of esters is 2. The van der Waals surface area contributed by atoms with E-state index in [1.807, 2.05) is 54.6 Å². The van der Waals surface area contributed by atoms with Crippen molar-refractivity contribution in [3.8, 4) is 0 Å². The highest BCUT2D eigenvalue weighted by atomic mass is 79.9. The van der Waals surface area contributed by atoms with Crippen LogP contribution in [0.3, 0.4) is 0 Å². The van der Waals surface area contributed by atoms with Crippen LogP contribution in [-0.4, -0.2) is 30.1 Å². The molecule has 2 aromatic rings. The Kier molecular flexibility index (Phi) is 6.25. The van der Waals surface area contributed by atoms with Crippen LogP contribution in [0.5, 0.6) is 0 Å². The summed E-state index contributed by atoms with van der Waals surface area (Å²) in [6.45, 7) is 3.81. The molecule has 2 atom stereocenters. The second kappa shape index (κ2) is 9.08. The third-order valence-electron chi connectivity index (χ3n) is 5.11. The van der Waals surface area contributed by atoms with Crippen molar-refractivity contribution in [1.29, 1.82) is 0 Å². The molecule has 0 N–H and O–H groups in total. The van der Waals surface area contributed by atoms with Crippen LogP contribution in [0.15, 0.2) is 70.5 Å². The highest BCUT2D eigenvalue weighted by Gasteiger charge is 2.44. The molecule has 2 aliphatic rings. The SMILES string of the molecule is CCOC(=O)C1=C(C(=O)OCC)N2C=Cc3ccccc3C2OC1c1ccc(Br)cc1. The van der Waals surface area contributed by atoms with Crippen LogP contribution in [0.25, 0.3) is 6.08 Å². The van der Waals surface area contributed by atoms with Crippen molar-refractivity contribution in [3.63, 3.8) is 0 Å². The molecule has 6 nitrogen and oxygen atoms in total. The zero-order valence-electron chi connectivity index (χ0n) is 17.2. The van der Waals surface area contributed by atoms with Gasteiger partial charge in [-0.3, -0.25) is 0 Å². The number of hydrogen-bond donors (Lipinski definition) is 0. The van der Waals surface area contributed by atoms with Crippen LogP contribution in [0.1, 0.15) is 42.9 Å². The maximum absolute atomic E-state index is 13.1. The first-order chi connectivity index (χ1) is 15.0. The lowest BCUT2D eigenvalue weighted by atomic mass is 9.93. The molecule has 2 aromatic carbocycles. The molecule has 0 fully saturated rings. The molecule has 7 heteroatoms. The topological polar surface area (TPSA) is 65.1 Å². The Morgan fingerprint density at radius 2 is 1.68 bits per heavy atom. The number of halogens is 1. The van der Waals surface area contributed by atoms with Gasteiger partial charge >= 0.3 is 11.9 Å². The van der Waals surface area contributed by atoms with Crippen molar-refractivity contribution in [1.82, 2.24) is 4.90 Å². The summed E-state index contributed by atoms with van der Waals surface area (Å²) in [5, 5.41) is 0. The summed E-state index contributed by atoms with van der Waals surface area (Å²) in [5.74, 6) is -1.20. The highest BCUT2D eigenvalue weighted by molar-refractivity contribution is 9.10. The number of nitrogens with zero attached hydrogens (tertiary/aromatic N) is 1. The van der Waals surface area contributed by atoms with E-state index in [-0.39, 0.29) is 24.5 Å². The monoisotopic (exact) mass is 483 g/mol. The molecule has 2 aliphatic heterocycles. The number of rotatable bonds is 5. The Morgan fingerprint density at radius 3 is 2.39 bits per heavy atom. The van der Waals surface area contributed by atoms with Gasteiger partial charge in [-0.25, -0.2) is 9.59 Å². The van der Waals surface area contributed by atoms with Crippen LogP contribution in [0.2, 0.25) is 0 Å². The van der Waals surface area contributed by atoms with Gasteiger partial charge in [0.2, 0.25) is 0 Å². The lowest BCUT2D eigenvalue weighted by Crippen LogP contribution is -2.41. The van der Waals surface area contributed by atoms with Gasteiger partial charge in [-0.2, -0.15) is 0 Å². The molecule has 2 heterocycles. The second-order valence-corrected chi connectivity index (χ2v) is 7.89. The molecule has 2 unspecified atom stereocenters. The van der Waals surface area contributed by atoms with Crippen LogP contribution >= 0.6 is 15.9 Å². The number of carbonyl (C=O) groups excluding carboxylic acids is 2. The average molecular weight is 484 g/mol. The summed E-state index contributed by atoms with van der Waals surface area (Å²) in [6, 6.07) is 15.2. The van der Waals surface area contributed by atoms with Crippen molar-refractivity contribution in [2.45, 2.75) is 26.2 Å². The van der Waals surface area contributed by atoms with E-state index in [4.69, 9.17) is 14.2 Å². The van der Waals surface area contributed by atoms with Gasteiger partial charge in [0.15, 0.2) is 6.23 Å². The summed E-state index contributed by atoms with van der Waals surface area (Å²) in [4.78, 5) is 27.8. The van der Waals surface area contributed by atoms with E-state index in [0.717, 1.165) is 21.2 Å². The predicted octanol–water partition coefficient (Wildman–Crippen LogP) is 4.89. The second-order valence-electron chi connectivity index (χ2n) is 6.98. The van der Waals surface area contributed by atoms with Crippen molar-refractivity contribution in [3.05, 3.63) is 87.2 Å². The van der Waals surface area contributed by atoms with Gasteiger partial charge in [0.25, 0.3) is 0 Å². The zero-order valence-corrected chi connectivity index (χ0v) is 18.8. The predicted molar refractivity (Wildman–Crippen MR) is 118 cm³/mol. The van der Waals surface area contributed by atoms with Crippen LogP contribution in [0, 0.1) is 0 Å². The minimum Gasteiger partial charge on any atom is -0.462 e. The summed E-state index contributed by atoms with van der Waals surface area (Å²) in [6.07, 6.45) is 2.24. The van der Waals surface area contributed by atoms with Gasteiger partial charge in [-0.1, -0.05) is 52.3 Å². The molecule has 0 saturated carbocycles. The Hall–Kier alpha value is -2.90. The maximum Gasteiger partial charge on any atom is 0.355 e. The van der Waals surface area contributed by atoms with Gasteiger partial charge < -0.3 is 19.1 Å². The van der Waals surface area contributed by atoms with Crippen molar-refractivity contribution < 1.29 is 23.8 Å². The molecule has 0 aromatic heterocycles. The first-order valence-corrected chi connectivity index (χ1v) is 10.9. The normalized spacial score (nSPS) is 19.5. The molecule has 160 valence electrons. The van der Waals surface area contributed by atoms with Crippen molar-refractivity contribution in [2.24, 2.45) is 0 Å². The third-order valence-corrected chi connectivity index (χ3v) is 5.64. The summed E-state index contributed by atoms with van der Waals surface area (Å²) in [5.41, 5.74) is 2.88. The van der Waals surface area contributed by atoms with Crippen LogP contribution in [0.4, 0.5) is 0 Å². The van der Waals surface area contributed by atoms with E-state index in [2.05, 4.69) is 15.9 Å². The number of benzene rings is 2. The van der Waals surface area contributed by atoms with Crippen molar-refractivity contribution in [2.75, 3.05) is 13.2 Å². The number of hydrogen-bond acceptors (Lipinski definition) is 6. The molecule has 0 bridgehead atoms. The Labute approximate surface area is 189 Å². The first kappa shape index (κ1) is 21.3. The van der Waals surface area contributed by atoms with E-state index >= 15 is 0 Å². The fraction of sp³-hybridized carbons (Fsp3) is 0.250. The Bertz CT molecular complexity index is 1060. The standard InChI is InChI=1S/C24H22BrNO5/c1-3-29-23(27)19-20(24(28)30-4-2)26-14-13-15-7-5-6-8-18(15)22(26)31-21(19)16-9-11-17(25)12-10-16/h5-14,21-22H,3-4H2,1-2H3. The first-order valence-electron chi connectivity index (χ1n) is 10.1. The van der Waals surface area contributed by atoms with Gasteiger partial charge in [-0.15, -0.1) is 0 Å². The molecular formula is C24H22BrNO5. The molecule has 0 spiro atoms. The van der Waals surface area contributed by atoms with E-state index in [0.29, 0.717) is 0 Å². The van der Waals surface area contributed by atoms with Gasteiger partial charge in [-0.05, 0) is 43.2 Å². The summed E-state index contributed by atoms with van der Waals surface area (Å²) < 4.78 is 18.0. The summed E-state index contributed by atoms with van der Waals surface area (Å²) in [7, 11) is 0. The van der Waals surface area contributed by atoms with E-state index in [9.17, 15) is 9.59 Å². The minimum absolute atomic E-state index is 0.128. The fourth-order valence-corrected chi connectivity index (χ4v) is 4.04. The molecule has 0 saturated heterocycles. The van der Waals surface area contributed by atoms with Gasteiger partial charge in [0.05, 0.1) is 13.2 Å². The highest BCUT2D eigenvalue weighted by Crippen LogP contribution is 2.46. The average Bonchev–Trinajstić information content (AvgIpc) is 2.78. The molecular weight excluding hydrogens is 462 g/mol. The molecule has 4 rings (SSSR count). The lowest BCUT2D eigenvalue weighted by Gasteiger charge is -2.42. The maximum atomic E-state index is 13.1. The van der Waals surface area contributed by atoms with E-state index in [1.54, 1.807) is 24.9 Å². The molecule has 0 radical (unpaired) electrons. The third kappa shape index (κ3) is 4.03. The van der Waals surface area contributed by atoms with Gasteiger partial charge in [0.1, 0.15) is 17.4 Å². The largest absolute Gasteiger partial charge is 0.462 e. The lowest BCUT2D eigenvalue weighted by molar-refractivity contribution is -0.153. The number of carbonyl (C=O) groups is 2. The Morgan fingerprint density at radius 1 is 1.00 bits per heavy atom. The number of fused-ring (bicyclic) bond motifs is 3. The van der Waals surface area contributed by atoms with Crippen molar-refractivity contribution >= 4 is 33.9 Å².